The number of rotatable bonds is 12. The van der Waals surface area contributed by atoms with Crippen LogP contribution in [0.25, 0.3) is 5.57 Å². The Labute approximate surface area is 317 Å². The Morgan fingerprint density at radius 2 is 1.78 bits per heavy atom. The number of Topliss-reactive ketones (excluding diaryl/α,β-unsaturated/α-hetero) is 2. The van der Waals surface area contributed by atoms with Crippen molar-refractivity contribution in [3.8, 4) is 0 Å². The van der Waals surface area contributed by atoms with Crippen LogP contribution in [-0.2, 0) is 40.1 Å². The monoisotopic (exact) mass is 843 g/mol. The minimum absolute atomic E-state index is 0.0150. The number of carbonyl (C=O) groups is 3. The predicted molar refractivity (Wildman–Crippen MR) is 215 cm³/mol. The van der Waals surface area contributed by atoms with Crippen LogP contribution in [0.3, 0.4) is 0 Å². The molecule has 2 aliphatic carbocycles. The van der Waals surface area contributed by atoms with E-state index in [2.05, 4.69) is 78.7 Å². The van der Waals surface area contributed by atoms with Crippen LogP contribution in [0.2, 0.25) is 0 Å². The van der Waals surface area contributed by atoms with Crippen LogP contribution in [0.5, 0.6) is 0 Å². The van der Waals surface area contributed by atoms with Crippen molar-refractivity contribution in [2.45, 2.75) is 104 Å². The van der Waals surface area contributed by atoms with Gasteiger partial charge in [-0.2, -0.15) is 8.42 Å². The van der Waals surface area contributed by atoms with Gasteiger partial charge in [-0.1, -0.05) is 51.5 Å². The molecule has 272 valence electrons. The maximum atomic E-state index is 12.6. The molecular weight excluding hydrogens is 797 g/mol. The fourth-order valence-corrected chi connectivity index (χ4v) is 11.2. The second-order valence-corrected chi connectivity index (χ2v) is 18.5. The first kappa shape index (κ1) is 39.1. The SMILES string of the molecule is CCC/C=C1/c2ccc(S)cc2C(C)(C)C1I=C/C=C/C=C1/N(CC)c2ccc(S(=O)(=O)O)cc2C1(C)CCCC(=O)OC=C1C(=O)CCC1=O. The first-order valence-electron chi connectivity index (χ1n) is 17.4. The summed E-state index contributed by atoms with van der Waals surface area (Å²) in [7, 11) is -4.45. The van der Waals surface area contributed by atoms with E-state index < -0.39 is 21.5 Å². The first-order chi connectivity index (χ1) is 24.1. The third kappa shape index (κ3) is 8.11. The number of thiol groups is 1. The van der Waals surface area contributed by atoms with E-state index in [1.807, 2.05) is 19.9 Å². The van der Waals surface area contributed by atoms with Gasteiger partial charge >= 0.3 is 5.97 Å². The summed E-state index contributed by atoms with van der Waals surface area (Å²) in [6.45, 7) is 11.5. The molecule has 8 nitrogen and oxygen atoms in total. The number of allylic oxidation sites excluding steroid dienone is 7. The molecule has 0 bridgehead atoms. The quantitative estimate of drug-likeness (QED) is 0.0319. The van der Waals surface area contributed by atoms with Crippen LogP contribution in [0, 0.1) is 0 Å². The maximum Gasteiger partial charge on any atom is 0.310 e. The van der Waals surface area contributed by atoms with E-state index in [1.54, 1.807) is 6.07 Å². The van der Waals surface area contributed by atoms with Crippen LogP contribution >= 0.6 is 33.4 Å². The third-order valence-electron chi connectivity index (χ3n) is 10.1. The van der Waals surface area contributed by atoms with Gasteiger partial charge in [0.2, 0.25) is 0 Å². The van der Waals surface area contributed by atoms with Gasteiger partial charge in [0.25, 0.3) is 10.1 Å². The summed E-state index contributed by atoms with van der Waals surface area (Å²) in [6.07, 6.45) is 12.9. The number of ketones is 2. The molecule has 0 spiro atoms. The minimum atomic E-state index is -4.45. The lowest BCUT2D eigenvalue weighted by molar-refractivity contribution is -0.138. The number of anilines is 1. The van der Waals surface area contributed by atoms with Crippen molar-refractivity contribution in [2.75, 3.05) is 11.4 Å². The number of ether oxygens (including phenoxy) is 1. The smallest absolute Gasteiger partial charge is 0.310 e. The van der Waals surface area contributed by atoms with Crippen molar-refractivity contribution in [1.29, 1.82) is 0 Å². The van der Waals surface area contributed by atoms with Gasteiger partial charge in [-0.05, 0) is 95.8 Å². The van der Waals surface area contributed by atoms with E-state index in [0.717, 1.165) is 40.9 Å². The van der Waals surface area contributed by atoms with E-state index >= 15 is 0 Å². The van der Waals surface area contributed by atoms with Gasteiger partial charge in [0.05, 0.1) is 10.5 Å². The van der Waals surface area contributed by atoms with Crippen LogP contribution in [0.15, 0.2) is 88.0 Å². The second kappa shape index (κ2) is 15.9. The van der Waals surface area contributed by atoms with E-state index in [9.17, 15) is 27.4 Å². The van der Waals surface area contributed by atoms with Gasteiger partial charge in [-0.15, -0.1) is 33.4 Å². The Balaban J connectivity index is 1.41. The molecule has 2 unspecified atom stereocenters. The van der Waals surface area contributed by atoms with Gasteiger partial charge in [-0.3, -0.25) is 18.9 Å². The van der Waals surface area contributed by atoms with E-state index in [0.29, 0.717) is 23.3 Å². The average Bonchev–Trinajstić information content (AvgIpc) is 3.60. The molecule has 0 amide bonds. The Hall–Kier alpha value is -3.13. The molecule has 1 aliphatic heterocycles. The molecule has 2 aromatic carbocycles. The summed E-state index contributed by atoms with van der Waals surface area (Å²) in [5.74, 6) is -1.21. The van der Waals surface area contributed by atoms with Crippen LogP contribution < -0.4 is 4.90 Å². The number of alkyl halides is 1. The lowest BCUT2D eigenvalue weighted by Gasteiger charge is -2.30. The van der Waals surface area contributed by atoms with Crippen LogP contribution in [0.4, 0.5) is 5.69 Å². The average molecular weight is 844 g/mol. The number of hydrogen-bond donors (Lipinski definition) is 2. The number of esters is 1. The third-order valence-corrected chi connectivity index (χ3v) is 15.0. The van der Waals surface area contributed by atoms with Crippen molar-refractivity contribution < 1.29 is 32.1 Å². The normalized spacial score (nSPS) is 23.1. The molecule has 1 saturated carbocycles. The zero-order valence-electron chi connectivity index (χ0n) is 29.7. The molecule has 0 saturated heterocycles. The highest BCUT2D eigenvalue weighted by Crippen LogP contribution is 2.53. The fraction of sp³-hybridized carbons (Fsp3) is 0.400. The van der Waals surface area contributed by atoms with Crippen molar-refractivity contribution >= 4 is 76.3 Å². The summed E-state index contributed by atoms with van der Waals surface area (Å²) in [4.78, 5) is 39.4. The zero-order valence-corrected chi connectivity index (χ0v) is 33.6. The van der Waals surface area contributed by atoms with Gasteiger partial charge in [0.15, 0.2) is 11.6 Å². The number of halogens is 1. The number of nitrogens with zero attached hydrogens (tertiary/aromatic N) is 1. The number of carbonyl (C=O) groups excluding carboxylic acids is 3. The molecule has 51 heavy (non-hydrogen) atoms. The molecule has 5 rings (SSSR count). The molecular formula is C40H46INO7S2. The van der Waals surface area contributed by atoms with Crippen molar-refractivity contribution in [3.63, 3.8) is 0 Å². The maximum absolute atomic E-state index is 12.6. The molecule has 3 aliphatic rings. The Morgan fingerprint density at radius 3 is 2.45 bits per heavy atom. The summed E-state index contributed by atoms with van der Waals surface area (Å²) in [5, 5.41) is 0. The Bertz CT molecular complexity index is 1990. The fourth-order valence-electron chi connectivity index (χ4n) is 7.37. The lowest BCUT2D eigenvalue weighted by atomic mass is 9.77. The highest BCUT2D eigenvalue weighted by Gasteiger charge is 2.44. The number of likely N-dealkylation sites (N-methyl/N-ethyl adjacent to an activating group) is 1. The van der Waals surface area contributed by atoms with E-state index in [-0.39, 0.29) is 67.4 Å². The molecule has 11 heteroatoms. The molecule has 1 fully saturated rings. The topological polar surface area (TPSA) is 118 Å². The summed E-state index contributed by atoms with van der Waals surface area (Å²) in [6, 6.07) is 11.2. The highest BCUT2D eigenvalue weighted by atomic mass is 127. The van der Waals surface area contributed by atoms with Crippen LogP contribution in [0.1, 0.15) is 96.3 Å². The standard InChI is InChI=1S/C40H46INO7S2/c1-6-8-12-29-28-17-15-26(50)23-31(28)39(3,4)38(29)41-22-10-9-13-36-40(5,21-11-14-37(45)49-25-30-34(43)19-20-35(30)44)32-24-27(51(46,47)48)16-18-33(32)42(36)7-2/h9-10,12-13,15-18,22-25,38,50H,6-8,11,14,19-21H2,1-5H3,(H,46,47,48)/b10-9+,29-12-,36-13+. The number of benzene rings is 2. The van der Waals surface area contributed by atoms with Crippen LogP contribution in [-0.4, -0.2) is 45.0 Å². The predicted octanol–water partition coefficient (Wildman–Crippen LogP) is 8.61. The first-order valence-corrected chi connectivity index (χ1v) is 21.7. The van der Waals surface area contributed by atoms with Crippen molar-refractivity contribution in [1.82, 2.24) is 0 Å². The molecule has 1 heterocycles. The van der Waals surface area contributed by atoms with Gasteiger partial charge in [0.1, 0.15) is 6.26 Å². The highest BCUT2D eigenvalue weighted by molar-refractivity contribution is 14.2. The summed E-state index contributed by atoms with van der Waals surface area (Å²) < 4.78 is 42.1. The molecule has 2 atom stereocenters. The number of fused-ring (bicyclic) bond motifs is 2. The van der Waals surface area contributed by atoms with E-state index in [1.165, 1.54) is 28.8 Å². The zero-order chi connectivity index (χ0) is 37.1. The molecule has 2 aromatic rings. The largest absolute Gasteiger partial charge is 0.434 e. The van der Waals surface area contributed by atoms with Gasteiger partial charge < -0.3 is 9.64 Å². The number of hydrogen-bond acceptors (Lipinski definition) is 8. The summed E-state index contributed by atoms with van der Waals surface area (Å²) >= 11 is 4.25. The Morgan fingerprint density at radius 1 is 1.06 bits per heavy atom. The van der Waals surface area contributed by atoms with Crippen molar-refractivity contribution in [3.05, 3.63) is 94.9 Å². The second-order valence-electron chi connectivity index (χ2n) is 13.9. The lowest BCUT2D eigenvalue weighted by Crippen LogP contribution is -2.28. The van der Waals surface area contributed by atoms with Gasteiger partial charge in [-0.25, -0.2) is 0 Å². The Kier molecular flexibility index (Phi) is 12.2. The summed E-state index contributed by atoms with van der Waals surface area (Å²) in [5.41, 5.74) is 5.86. The van der Waals surface area contributed by atoms with Crippen molar-refractivity contribution in [2.24, 2.45) is 0 Å². The molecule has 0 aromatic heterocycles. The number of unbranched alkanes of at least 4 members (excludes halogenated alkanes) is 1. The van der Waals surface area contributed by atoms with Gasteiger partial charge in [0, 0.05) is 56.8 Å². The molecule has 1 N–H and O–H groups in total. The molecule has 0 radical (unpaired) electrons. The minimum Gasteiger partial charge on any atom is -0.434 e. The van der Waals surface area contributed by atoms with E-state index in [4.69, 9.17) is 4.74 Å².